The summed E-state index contributed by atoms with van der Waals surface area (Å²) in [5.74, 6) is 0.648. The number of nitrogens with two attached hydrogens (primary N) is 1. The summed E-state index contributed by atoms with van der Waals surface area (Å²) in [6.45, 7) is 6.54. The molecule has 0 aliphatic rings. The summed E-state index contributed by atoms with van der Waals surface area (Å²) in [5.41, 5.74) is 8.83. The van der Waals surface area contributed by atoms with Gasteiger partial charge in [-0.3, -0.25) is 0 Å². The van der Waals surface area contributed by atoms with Crippen LogP contribution in [0.5, 0.6) is 0 Å². The third kappa shape index (κ3) is 3.12. The molecule has 0 fully saturated rings. The Morgan fingerprint density at radius 2 is 1.90 bits per heavy atom. The topological polar surface area (TPSA) is 67.6 Å². The Hall–Kier alpha value is -1.55. The molecular formula is C15H17IN4. The Morgan fingerprint density at radius 1 is 1.30 bits per heavy atom. The SMILES string of the molecule is CC(C)(C)Cc1nn(-c2ccc(C#N)cc2)c(N)c1I. The minimum Gasteiger partial charge on any atom is -0.383 e. The van der Waals surface area contributed by atoms with Gasteiger partial charge in [0.15, 0.2) is 0 Å². The van der Waals surface area contributed by atoms with Gasteiger partial charge in [-0.2, -0.15) is 10.4 Å². The molecule has 0 spiro atoms. The lowest BCUT2D eigenvalue weighted by molar-refractivity contribution is 0.404. The normalized spacial score (nSPS) is 11.3. The summed E-state index contributed by atoms with van der Waals surface area (Å²) in [4.78, 5) is 0. The average molecular weight is 380 g/mol. The minimum absolute atomic E-state index is 0.163. The van der Waals surface area contributed by atoms with E-state index < -0.39 is 0 Å². The van der Waals surface area contributed by atoms with Gasteiger partial charge in [0, 0.05) is 0 Å². The fourth-order valence-corrected chi connectivity index (χ4v) is 2.48. The molecule has 104 valence electrons. The maximum Gasteiger partial charge on any atom is 0.141 e. The second-order valence-electron chi connectivity index (χ2n) is 5.95. The molecule has 0 radical (unpaired) electrons. The van der Waals surface area contributed by atoms with Crippen molar-refractivity contribution in [2.45, 2.75) is 27.2 Å². The standard InChI is InChI=1S/C15H17IN4/c1-15(2,3)8-12-13(16)14(18)20(19-12)11-6-4-10(9-17)5-7-11/h4-7H,8,18H2,1-3H3. The fourth-order valence-electron chi connectivity index (χ4n) is 1.95. The van der Waals surface area contributed by atoms with Crippen LogP contribution in [-0.4, -0.2) is 9.78 Å². The summed E-state index contributed by atoms with van der Waals surface area (Å²) >= 11 is 2.25. The van der Waals surface area contributed by atoms with Crippen LogP contribution in [0.25, 0.3) is 5.69 Å². The molecule has 20 heavy (non-hydrogen) atoms. The number of benzene rings is 1. The second kappa shape index (κ2) is 5.44. The summed E-state index contributed by atoms with van der Waals surface area (Å²) in [6.07, 6.45) is 0.874. The maximum atomic E-state index is 8.83. The molecular weight excluding hydrogens is 363 g/mol. The van der Waals surface area contributed by atoms with E-state index in [-0.39, 0.29) is 5.41 Å². The largest absolute Gasteiger partial charge is 0.383 e. The van der Waals surface area contributed by atoms with Crippen LogP contribution in [0.1, 0.15) is 32.0 Å². The van der Waals surface area contributed by atoms with Crippen LogP contribution in [0.4, 0.5) is 5.82 Å². The number of nitrogens with zero attached hydrogens (tertiary/aromatic N) is 3. The van der Waals surface area contributed by atoms with Crippen molar-refractivity contribution in [1.29, 1.82) is 5.26 Å². The molecule has 1 heterocycles. The lowest BCUT2D eigenvalue weighted by Crippen LogP contribution is -2.10. The first kappa shape index (κ1) is 14.9. The monoisotopic (exact) mass is 380 g/mol. The predicted molar refractivity (Wildman–Crippen MR) is 88.6 cm³/mol. The first-order valence-corrected chi connectivity index (χ1v) is 7.43. The second-order valence-corrected chi connectivity index (χ2v) is 7.03. The van der Waals surface area contributed by atoms with E-state index in [2.05, 4.69) is 54.5 Å². The van der Waals surface area contributed by atoms with Crippen LogP contribution in [0.3, 0.4) is 0 Å². The predicted octanol–water partition coefficient (Wildman–Crippen LogP) is 3.52. The molecule has 0 saturated heterocycles. The highest BCUT2D eigenvalue weighted by molar-refractivity contribution is 14.1. The third-order valence-electron chi connectivity index (χ3n) is 2.87. The van der Waals surface area contributed by atoms with E-state index in [1.807, 2.05) is 12.1 Å². The quantitative estimate of drug-likeness (QED) is 0.811. The molecule has 0 amide bonds. The minimum atomic E-state index is 0.163. The van der Waals surface area contributed by atoms with Gasteiger partial charge in [0.2, 0.25) is 0 Å². The highest BCUT2D eigenvalue weighted by Crippen LogP contribution is 2.28. The van der Waals surface area contributed by atoms with Crippen molar-refractivity contribution >= 4 is 28.4 Å². The fraction of sp³-hybridized carbons (Fsp3) is 0.333. The molecule has 0 saturated carbocycles. The zero-order valence-corrected chi connectivity index (χ0v) is 14.0. The molecule has 1 aromatic heterocycles. The van der Waals surface area contributed by atoms with Gasteiger partial charge in [-0.15, -0.1) is 0 Å². The number of halogens is 1. The first-order valence-electron chi connectivity index (χ1n) is 6.35. The average Bonchev–Trinajstić information content (AvgIpc) is 2.65. The Kier molecular flexibility index (Phi) is 4.04. The zero-order valence-electron chi connectivity index (χ0n) is 11.8. The number of nitrogen functional groups attached to an aromatic ring is 1. The lowest BCUT2D eigenvalue weighted by Gasteiger charge is -2.16. The molecule has 1 aromatic carbocycles. The summed E-state index contributed by atoms with van der Waals surface area (Å²) in [5, 5.41) is 13.5. The number of aromatic nitrogens is 2. The van der Waals surface area contributed by atoms with E-state index in [1.165, 1.54) is 0 Å². The van der Waals surface area contributed by atoms with Gasteiger partial charge in [0.25, 0.3) is 0 Å². The van der Waals surface area contributed by atoms with E-state index in [9.17, 15) is 0 Å². The van der Waals surface area contributed by atoms with Crippen molar-refractivity contribution in [3.05, 3.63) is 39.1 Å². The van der Waals surface area contributed by atoms with Crippen LogP contribution < -0.4 is 5.73 Å². The summed E-state index contributed by atoms with van der Waals surface area (Å²) in [7, 11) is 0. The highest BCUT2D eigenvalue weighted by atomic mass is 127. The number of rotatable bonds is 2. The number of hydrogen-bond acceptors (Lipinski definition) is 3. The molecule has 0 aliphatic heterocycles. The number of anilines is 1. The Morgan fingerprint density at radius 3 is 2.40 bits per heavy atom. The van der Waals surface area contributed by atoms with Crippen LogP contribution in [0.2, 0.25) is 0 Å². The molecule has 0 atom stereocenters. The van der Waals surface area contributed by atoms with Crippen molar-refractivity contribution in [2.75, 3.05) is 5.73 Å². The smallest absolute Gasteiger partial charge is 0.141 e. The summed E-state index contributed by atoms with van der Waals surface area (Å²) in [6, 6.07) is 9.37. The molecule has 2 aromatic rings. The zero-order chi connectivity index (χ0) is 14.9. The van der Waals surface area contributed by atoms with E-state index in [4.69, 9.17) is 11.0 Å². The van der Waals surface area contributed by atoms with E-state index in [0.717, 1.165) is 21.4 Å². The third-order valence-corrected chi connectivity index (χ3v) is 4.04. The van der Waals surface area contributed by atoms with Crippen LogP contribution in [0, 0.1) is 20.3 Å². The Bertz CT molecular complexity index is 657. The van der Waals surface area contributed by atoms with E-state index in [1.54, 1.807) is 16.8 Å². The number of hydrogen-bond donors (Lipinski definition) is 1. The van der Waals surface area contributed by atoms with E-state index in [0.29, 0.717) is 11.4 Å². The maximum absolute atomic E-state index is 8.83. The lowest BCUT2D eigenvalue weighted by atomic mass is 9.91. The van der Waals surface area contributed by atoms with Gasteiger partial charge in [-0.25, -0.2) is 4.68 Å². The van der Waals surface area contributed by atoms with Gasteiger partial charge < -0.3 is 5.73 Å². The van der Waals surface area contributed by atoms with Gasteiger partial charge in [0.05, 0.1) is 26.6 Å². The van der Waals surface area contributed by atoms with Gasteiger partial charge in [0.1, 0.15) is 5.82 Å². The van der Waals surface area contributed by atoms with Crippen molar-refractivity contribution in [2.24, 2.45) is 5.41 Å². The van der Waals surface area contributed by atoms with Crippen molar-refractivity contribution in [3.8, 4) is 11.8 Å². The molecule has 0 aliphatic carbocycles. The van der Waals surface area contributed by atoms with Crippen molar-refractivity contribution in [1.82, 2.24) is 9.78 Å². The van der Waals surface area contributed by atoms with Crippen LogP contribution in [0.15, 0.2) is 24.3 Å². The molecule has 0 unspecified atom stereocenters. The first-order chi connectivity index (χ1) is 9.31. The Labute approximate surface area is 132 Å². The Balaban J connectivity index is 2.42. The number of nitriles is 1. The van der Waals surface area contributed by atoms with Gasteiger partial charge in [-0.05, 0) is 58.7 Å². The van der Waals surface area contributed by atoms with Crippen LogP contribution in [-0.2, 0) is 6.42 Å². The molecule has 5 heteroatoms. The van der Waals surface area contributed by atoms with Gasteiger partial charge >= 0.3 is 0 Å². The van der Waals surface area contributed by atoms with Crippen molar-refractivity contribution in [3.63, 3.8) is 0 Å². The van der Waals surface area contributed by atoms with Gasteiger partial charge in [-0.1, -0.05) is 20.8 Å². The molecule has 4 nitrogen and oxygen atoms in total. The van der Waals surface area contributed by atoms with Crippen molar-refractivity contribution < 1.29 is 0 Å². The molecule has 2 rings (SSSR count). The van der Waals surface area contributed by atoms with Crippen LogP contribution >= 0.6 is 22.6 Å². The molecule has 2 N–H and O–H groups in total. The molecule has 0 bridgehead atoms. The van der Waals surface area contributed by atoms with E-state index >= 15 is 0 Å². The highest BCUT2D eigenvalue weighted by Gasteiger charge is 2.20. The summed E-state index contributed by atoms with van der Waals surface area (Å²) < 4.78 is 2.74.